The molecule has 0 unspecified atom stereocenters. The van der Waals surface area contributed by atoms with E-state index in [1.807, 2.05) is 24.8 Å². The summed E-state index contributed by atoms with van der Waals surface area (Å²) >= 11 is 0. The van der Waals surface area contributed by atoms with Gasteiger partial charge in [-0.05, 0) is 31.7 Å². The summed E-state index contributed by atoms with van der Waals surface area (Å²) in [5.74, 6) is 1.14. The molecule has 0 N–H and O–H groups in total. The molecule has 0 aromatic carbocycles. The molecule has 1 aromatic heterocycles. The molecule has 0 saturated heterocycles. The van der Waals surface area contributed by atoms with Crippen molar-refractivity contribution in [1.29, 1.82) is 0 Å². The fourth-order valence-corrected chi connectivity index (χ4v) is 2.22. The van der Waals surface area contributed by atoms with Gasteiger partial charge in [0, 0.05) is 18.8 Å². The molecule has 0 aliphatic carbocycles. The monoisotopic (exact) mass is 265 g/mol. The van der Waals surface area contributed by atoms with Crippen LogP contribution >= 0.6 is 0 Å². The molecular weight excluding hydrogens is 238 g/mol. The van der Waals surface area contributed by atoms with Crippen LogP contribution in [0.2, 0.25) is 0 Å². The van der Waals surface area contributed by atoms with Gasteiger partial charge in [-0.2, -0.15) is 5.10 Å². The molecule has 1 heterocycles. The molecule has 19 heavy (non-hydrogen) atoms. The maximum absolute atomic E-state index is 12.4. The summed E-state index contributed by atoms with van der Waals surface area (Å²) in [6.45, 7) is 14.5. The fourth-order valence-electron chi connectivity index (χ4n) is 2.22. The third-order valence-corrected chi connectivity index (χ3v) is 2.91. The molecule has 0 fully saturated rings. The summed E-state index contributed by atoms with van der Waals surface area (Å²) in [4.78, 5) is 14.4. The average molecular weight is 265 g/mol. The molecule has 0 radical (unpaired) electrons. The number of hydrogen-bond donors (Lipinski definition) is 0. The summed E-state index contributed by atoms with van der Waals surface area (Å²) in [7, 11) is 0. The SMILES string of the molecule is Cc1cc(C)n(CC(=O)N(CC(C)C)CC(C)C)n1. The van der Waals surface area contributed by atoms with Crippen LogP contribution < -0.4 is 0 Å². The van der Waals surface area contributed by atoms with Crippen LogP contribution in [-0.2, 0) is 11.3 Å². The predicted molar refractivity (Wildman–Crippen MR) is 78.0 cm³/mol. The zero-order valence-corrected chi connectivity index (χ0v) is 13.1. The lowest BCUT2D eigenvalue weighted by Gasteiger charge is -2.26. The van der Waals surface area contributed by atoms with E-state index in [0.29, 0.717) is 18.4 Å². The van der Waals surface area contributed by atoms with E-state index in [1.165, 1.54) is 0 Å². The van der Waals surface area contributed by atoms with Gasteiger partial charge in [-0.15, -0.1) is 0 Å². The first-order valence-corrected chi connectivity index (χ1v) is 7.08. The van der Waals surface area contributed by atoms with Gasteiger partial charge in [-0.25, -0.2) is 0 Å². The Bertz CT molecular complexity index is 411. The van der Waals surface area contributed by atoms with Gasteiger partial charge in [-0.3, -0.25) is 9.48 Å². The minimum atomic E-state index is 0.161. The lowest BCUT2D eigenvalue weighted by molar-refractivity contribution is -0.133. The average Bonchev–Trinajstić information content (AvgIpc) is 2.55. The molecular formula is C15H27N3O. The third kappa shape index (κ3) is 5.05. The summed E-state index contributed by atoms with van der Waals surface area (Å²) in [6, 6.07) is 2.00. The van der Waals surface area contributed by atoms with Crippen molar-refractivity contribution in [2.24, 2.45) is 11.8 Å². The van der Waals surface area contributed by atoms with Gasteiger partial charge >= 0.3 is 0 Å². The van der Waals surface area contributed by atoms with E-state index >= 15 is 0 Å². The number of aromatic nitrogens is 2. The van der Waals surface area contributed by atoms with Crippen molar-refractivity contribution in [2.75, 3.05) is 13.1 Å². The zero-order valence-electron chi connectivity index (χ0n) is 13.1. The summed E-state index contributed by atoms with van der Waals surface area (Å²) in [5.41, 5.74) is 2.00. The molecule has 0 spiro atoms. The Balaban J connectivity index is 2.73. The number of nitrogens with zero attached hydrogens (tertiary/aromatic N) is 3. The summed E-state index contributed by atoms with van der Waals surface area (Å²) in [6.07, 6.45) is 0. The number of carbonyl (C=O) groups excluding carboxylic acids is 1. The Labute approximate surface area is 116 Å². The van der Waals surface area contributed by atoms with Gasteiger partial charge in [0.25, 0.3) is 0 Å². The first-order chi connectivity index (χ1) is 8.79. The van der Waals surface area contributed by atoms with E-state index in [4.69, 9.17) is 0 Å². The Morgan fingerprint density at radius 1 is 1.21 bits per heavy atom. The first kappa shape index (κ1) is 15.7. The first-order valence-electron chi connectivity index (χ1n) is 7.08. The maximum atomic E-state index is 12.4. The van der Waals surface area contributed by atoms with Crippen molar-refractivity contribution in [3.63, 3.8) is 0 Å². The largest absolute Gasteiger partial charge is 0.341 e. The highest BCUT2D eigenvalue weighted by Crippen LogP contribution is 2.07. The molecule has 4 heteroatoms. The van der Waals surface area contributed by atoms with Crippen LogP contribution in [-0.4, -0.2) is 33.7 Å². The number of aryl methyl sites for hydroxylation is 2. The minimum absolute atomic E-state index is 0.161. The Kier molecular flexibility index (Phi) is 5.58. The predicted octanol–water partition coefficient (Wildman–Crippen LogP) is 2.64. The van der Waals surface area contributed by atoms with Crippen LogP contribution in [0.15, 0.2) is 6.07 Å². The van der Waals surface area contributed by atoms with Crippen molar-refractivity contribution >= 4 is 5.91 Å². The van der Waals surface area contributed by atoms with Gasteiger partial charge in [0.05, 0.1) is 5.69 Å². The van der Waals surface area contributed by atoms with Gasteiger partial charge in [0.1, 0.15) is 6.54 Å². The highest BCUT2D eigenvalue weighted by atomic mass is 16.2. The molecule has 0 bridgehead atoms. The van der Waals surface area contributed by atoms with Gasteiger partial charge in [0.2, 0.25) is 5.91 Å². The number of hydrogen-bond acceptors (Lipinski definition) is 2. The minimum Gasteiger partial charge on any atom is -0.341 e. The molecule has 1 aromatic rings. The van der Waals surface area contributed by atoms with E-state index < -0.39 is 0 Å². The van der Waals surface area contributed by atoms with E-state index in [-0.39, 0.29) is 5.91 Å². The summed E-state index contributed by atoms with van der Waals surface area (Å²) < 4.78 is 1.80. The molecule has 0 atom stereocenters. The number of amides is 1. The van der Waals surface area contributed by atoms with Crippen molar-refractivity contribution in [2.45, 2.75) is 48.1 Å². The van der Waals surface area contributed by atoms with Gasteiger partial charge < -0.3 is 4.90 Å². The summed E-state index contributed by atoms with van der Waals surface area (Å²) in [5, 5.41) is 4.36. The molecule has 0 aliphatic heterocycles. The normalized spacial score (nSPS) is 11.4. The van der Waals surface area contributed by atoms with Crippen LogP contribution in [0.25, 0.3) is 0 Å². The van der Waals surface area contributed by atoms with Crippen LogP contribution in [0.5, 0.6) is 0 Å². The highest BCUT2D eigenvalue weighted by molar-refractivity contribution is 5.76. The molecule has 0 aliphatic rings. The Hall–Kier alpha value is -1.32. The van der Waals surface area contributed by atoms with Crippen LogP contribution in [0.4, 0.5) is 0 Å². The van der Waals surface area contributed by atoms with Crippen molar-refractivity contribution in [1.82, 2.24) is 14.7 Å². The van der Waals surface area contributed by atoms with Crippen LogP contribution in [0.1, 0.15) is 39.1 Å². The lowest BCUT2D eigenvalue weighted by Crippen LogP contribution is -2.39. The molecule has 1 amide bonds. The lowest BCUT2D eigenvalue weighted by atomic mass is 10.1. The quantitative estimate of drug-likeness (QED) is 0.793. The van der Waals surface area contributed by atoms with E-state index in [9.17, 15) is 4.79 Å². The zero-order chi connectivity index (χ0) is 14.6. The van der Waals surface area contributed by atoms with E-state index in [1.54, 1.807) is 4.68 Å². The smallest absolute Gasteiger partial charge is 0.244 e. The maximum Gasteiger partial charge on any atom is 0.244 e. The van der Waals surface area contributed by atoms with E-state index in [2.05, 4.69) is 32.8 Å². The third-order valence-electron chi connectivity index (χ3n) is 2.91. The molecule has 4 nitrogen and oxygen atoms in total. The number of carbonyl (C=O) groups is 1. The molecule has 1 rings (SSSR count). The highest BCUT2D eigenvalue weighted by Gasteiger charge is 2.17. The Morgan fingerprint density at radius 2 is 1.74 bits per heavy atom. The topological polar surface area (TPSA) is 38.1 Å². The van der Waals surface area contributed by atoms with Crippen LogP contribution in [0.3, 0.4) is 0 Å². The second kappa shape index (κ2) is 6.73. The van der Waals surface area contributed by atoms with Gasteiger partial charge in [-0.1, -0.05) is 27.7 Å². The van der Waals surface area contributed by atoms with Crippen LogP contribution in [0, 0.1) is 25.7 Å². The standard InChI is InChI=1S/C15H27N3O/c1-11(2)8-17(9-12(3)4)15(19)10-18-14(6)7-13(5)16-18/h7,11-12H,8-10H2,1-6H3. The van der Waals surface area contributed by atoms with Gasteiger partial charge in [0.15, 0.2) is 0 Å². The second-order valence-electron chi connectivity index (χ2n) is 6.17. The number of rotatable bonds is 6. The molecule has 108 valence electrons. The Morgan fingerprint density at radius 3 is 2.11 bits per heavy atom. The fraction of sp³-hybridized carbons (Fsp3) is 0.733. The van der Waals surface area contributed by atoms with Crippen molar-refractivity contribution in [3.05, 3.63) is 17.5 Å². The van der Waals surface area contributed by atoms with Crippen molar-refractivity contribution in [3.8, 4) is 0 Å². The van der Waals surface area contributed by atoms with Crippen molar-refractivity contribution < 1.29 is 4.79 Å². The van der Waals surface area contributed by atoms with E-state index in [0.717, 1.165) is 24.5 Å². The molecule has 0 saturated carbocycles. The second-order valence-corrected chi connectivity index (χ2v) is 6.17.